The fourth-order valence-corrected chi connectivity index (χ4v) is 5.58. The number of hydrogen-bond donors (Lipinski definition) is 0. The summed E-state index contributed by atoms with van der Waals surface area (Å²) in [7, 11) is -3.65. The second-order valence-corrected chi connectivity index (χ2v) is 9.95. The number of sulfonamides is 1. The van der Waals surface area contributed by atoms with Gasteiger partial charge in [-0.15, -0.1) is 0 Å². The first-order chi connectivity index (χ1) is 14.9. The lowest BCUT2D eigenvalue weighted by Gasteiger charge is -2.29. The maximum Gasteiger partial charge on any atom is 0.243 e. The molecule has 1 aliphatic heterocycles. The van der Waals surface area contributed by atoms with Crippen LogP contribution in [0.25, 0.3) is 22.3 Å². The van der Waals surface area contributed by atoms with E-state index in [2.05, 4.69) is 11.1 Å². The predicted molar refractivity (Wildman–Crippen MR) is 121 cm³/mol. The maximum atomic E-state index is 13.2. The van der Waals surface area contributed by atoms with Crippen LogP contribution in [0.4, 0.5) is 0 Å². The maximum absolute atomic E-state index is 13.2. The predicted octanol–water partition coefficient (Wildman–Crippen LogP) is 4.81. The van der Waals surface area contributed by atoms with Crippen LogP contribution >= 0.6 is 11.6 Å². The van der Waals surface area contributed by atoms with Crippen molar-refractivity contribution in [3.05, 3.63) is 88.6 Å². The summed E-state index contributed by atoms with van der Waals surface area (Å²) in [5.74, 6) is 0. The lowest BCUT2D eigenvalue weighted by Crippen LogP contribution is -2.36. The summed E-state index contributed by atoms with van der Waals surface area (Å²) in [6.07, 6.45) is 2.26. The molecule has 1 radical (unpaired) electrons. The topological polar surface area (TPSA) is 63.2 Å². The summed E-state index contributed by atoms with van der Waals surface area (Å²) in [4.78, 5) is 9.49. The number of rotatable bonds is 3. The third-order valence-corrected chi connectivity index (χ3v) is 7.90. The quantitative estimate of drug-likeness (QED) is 0.451. The second-order valence-electron chi connectivity index (χ2n) is 7.60. The van der Waals surface area contributed by atoms with E-state index in [0.29, 0.717) is 23.7 Å². The van der Waals surface area contributed by atoms with Gasteiger partial charge in [0.1, 0.15) is 0 Å². The Morgan fingerprint density at radius 3 is 2.81 bits per heavy atom. The van der Waals surface area contributed by atoms with Crippen LogP contribution in [0.2, 0.25) is 5.02 Å². The van der Waals surface area contributed by atoms with Crippen LogP contribution in [0.3, 0.4) is 0 Å². The first-order valence-electron chi connectivity index (χ1n) is 9.94. The van der Waals surface area contributed by atoms with Gasteiger partial charge in [0.2, 0.25) is 10.0 Å². The lowest BCUT2D eigenvalue weighted by atomic mass is 9.98. The van der Waals surface area contributed by atoms with Crippen molar-refractivity contribution in [3.63, 3.8) is 0 Å². The smallest absolute Gasteiger partial charge is 0.243 e. The van der Waals surface area contributed by atoms with Crippen LogP contribution in [-0.4, -0.2) is 29.2 Å². The molecule has 7 heteroatoms. The fourth-order valence-electron chi connectivity index (χ4n) is 3.89. The number of para-hydroxylation sites is 1. The van der Waals surface area contributed by atoms with Gasteiger partial charge in [-0.05, 0) is 60.4 Å². The molecule has 5 nitrogen and oxygen atoms in total. The SMILES string of the molecule is Cc1ccc(S(=O)(=O)N2CCc3c(ccnc3-c3[c]cc4ccccc4n3)C2)cc1Cl. The van der Waals surface area contributed by atoms with Crippen molar-refractivity contribution in [2.24, 2.45) is 0 Å². The van der Waals surface area contributed by atoms with E-state index in [1.54, 1.807) is 18.3 Å². The van der Waals surface area contributed by atoms with Crippen LogP contribution in [0.5, 0.6) is 0 Å². The summed E-state index contributed by atoms with van der Waals surface area (Å²) < 4.78 is 27.9. The largest absolute Gasteiger partial charge is 0.254 e. The van der Waals surface area contributed by atoms with E-state index < -0.39 is 10.0 Å². The van der Waals surface area contributed by atoms with E-state index in [-0.39, 0.29) is 11.4 Å². The Morgan fingerprint density at radius 2 is 1.97 bits per heavy atom. The number of hydrogen-bond acceptors (Lipinski definition) is 4. The molecule has 2 aromatic carbocycles. The molecule has 1 aliphatic rings. The highest BCUT2D eigenvalue weighted by molar-refractivity contribution is 7.89. The van der Waals surface area contributed by atoms with Crippen molar-refractivity contribution >= 4 is 32.5 Å². The van der Waals surface area contributed by atoms with Gasteiger partial charge in [-0.1, -0.05) is 35.9 Å². The van der Waals surface area contributed by atoms with E-state index in [9.17, 15) is 8.42 Å². The zero-order valence-electron chi connectivity index (χ0n) is 16.8. The molecular formula is C24H19ClN3O2S. The third kappa shape index (κ3) is 3.61. The van der Waals surface area contributed by atoms with E-state index in [1.807, 2.05) is 43.3 Å². The van der Waals surface area contributed by atoms with E-state index >= 15 is 0 Å². The van der Waals surface area contributed by atoms with E-state index in [4.69, 9.17) is 16.6 Å². The minimum atomic E-state index is -3.65. The molecule has 0 saturated carbocycles. The molecule has 0 aliphatic carbocycles. The van der Waals surface area contributed by atoms with Crippen molar-refractivity contribution in [1.82, 2.24) is 14.3 Å². The number of nitrogens with zero attached hydrogens (tertiary/aromatic N) is 3. The van der Waals surface area contributed by atoms with Crippen LogP contribution in [0.1, 0.15) is 16.7 Å². The first-order valence-corrected chi connectivity index (χ1v) is 11.8. The molecule has 31 heavy (non-hydrogen) atoms. The Labute approximate surface area is 186 Å². The van der Waals surface area contributed by atoms with Crippen molar-refractivity contribution < 1.29 is 8.42 Å². The van der Waals surface area contributed by atoms with Gasteiger partial charge in [0.25, 0.3) is 0 Å². The van der Waals surface area contributed by atoms with E-state index in [0.717, 1.165) is 33.3 Å². The molecule has 3 heterocycles. The van der Waals surface area contributed by atoms with Crippen LogP contribution in [0, 0.1) is 13.0 Å². The van der Waals surface area contributed by atoms with Gasteiger partial charge in [0, 0.05) is 35.8 Å². The number of aryl methyl sites for hydroxylation is 1. The van der Waals surface area contributed by atoms with Gasteiger partial charge in [0.05, 0.1) is 21.8 Å². The van der Waals surface area contributed by atoms with Gasteiger partial charge in [-0.2, -0.15) is 4.31 Å². The standard InChI is InChI=1S/C24H19ClN3O2S/c1-16-6-8-19(14-21(16)25)31(29,30)28-13-11-20-18(15-28)10-12-26-24(20)23-9-7-17-4-2-3-5-22(17)27-23/h2-8,10,12,14H,11,13,15H2,1H3. The summed E-state index contributed by atoms with van der Waals surface area (Å²) in [5.41, 5.74) is 5.12. The zero-order valence-corrected chi connectivity index (χ0v) is 18.4. The van der Waals surface area contributed by atoms with Crippen molar-refractivity contribution in [2.45, 2.75) is 24.8 Å². The Kier molecular flexibility index (Phi) is 5.01. The highest BCUT2D eigenvalue weighted by Gasteiger charge is 2.30. The molecule has 0 unspecified atom stereocenters. The first kappa shape index (κ1) is 20.1. The second kappa shape index (κ2) is 7.71. The third-order valence-electron chi connectivity index (χ3n) is 5.65. The van der Waals surface area contributed by atoms with Crippen molar-refractivity contribution in [2.75, 3.05) is 6.54 Å². The molecule has 0 spiro atoms. The zero-order chi connectivity index (χ0) is 21.6. The van der Waals surface area contributed by atoms with Gasteiger partial charge >= 0.3 is 0 Å². The summed E-state index contributed by atoms with van der Waals surface area (Å²) in [6.45, 7) is 2.50. The van der Waals surface area contributed by atoms with Crippen LogP contribution in [-0.2, 0) is 23.0 Å². The van der Waals surface area contributed by atoms with Crippen molar-refractivity contribution in [3.8, 4) is 11.4 Å². The normalized spacial score (nSPS) is 14.5. The Hall–Kier alpha value is -2.80. The van der Waals surface area contributed by atoms with Gasteiger partial charge in [-0.25, -0.2) is 13.4 Å². The Bertz CT molecular complexity index is 1420. The van der Waals surface area contributed by atoms with Gasteiger partial charge < -0.3 is 0 Å². The fraction of sp³-hybridized carbons (Fsp3) is 0.167. The number of fused-ring (bicyclic) bond motifs is 2. The number of benzene rings is 2. The number of pyridine rings is 2. The Balaban J connectivity index is 1.50. The van der Waals surface area contributed by atoms with Crippen LogP contribution in [0.15, 0.2) is 65.7 Å². The minimum Gasteiger partial charge on any atom is -0.254 e. The van der Waals surface area contributed by atoms with Crippen LogP contribution < -0.4 is 0 Å². The highest BCUT2D eigenvalue weighted by atomic mass is 35.5. The van der Waals surface area contributed by atoms with E-state index in [1.165, 1.54) is 10.4 Å². The minimum absolute atomic E-state index is 0.213. The molecule has 4 aromatic rings. The summed E-state index contributed by atoms with van der Waals surface area (Å²) in [5, 5.41) is 1.47. The molecule has 0 amide bonds. The highest BCUT2D eigenvalue weighted by Crippen LogP contribution is 2.31. The monoisotopic (exact) mass is 448 g/mol. The molecule has 2 aromatic heterocycles. The molecule has 5 rings (SSSR count). The summed E-state index contributed by atoms with van der Waals surface area (Å²) >= 11 is 6.17. The number of aromatic nitrogens is 2. The molecule has 0 fully saturated rings. The molecule has 0 N–H and O–H groups in total. The molecular weight excluding hydrogens is 430 g/mol. The average Bonchev–Trinajstić information content (AvgIpc) is 2.79. The van der Waals surface area contributed by atoms with Crippen molar-refractivity contribution in [1.29, 1.82) is 0 Å². The Morgan fingerprint density at radius 1 is 1.13 bits per heavy atom. The number of halogens is 1. The van der Waals surface area contributed by atoms with Gasteiger partial charge in [-0.3, -0.25) is 4.98 Å². The molecule has 155 valence electrons. The molecule has 0 saturated heterocycles. The summed E-state index contributed by atoms with van der Waals surface area (Å²) in [6, 6.07) is 19.8. The molecule has 0 bridgehead atoms. The average molecular weight is 449 g/mol. The van der Waals surface area contributed by atoms with Gasteiger partial charge in [0.15, 0.2) is 0 Å². The molecule has 0 atom stereocenters. The lowest BCUT2D eigenvalue weighted by molar-refractivity contribution is 0.391.